The Morgan fingerprint density at radius 3 is 2.52 bits per heavy atom. The van der Waals surface area contributed by atoms with Crippen molar-refractivity contribution in [3.05, 3.63) is 70.8 Å². The zero-order chi connectivity index (χ0) is 16.7. The molecule has 2 rings (SSSR count). The lowest BCUT2D eigenvalue weighted by molar-refractivity contribution is -0.119. The molecule has 1 atom stereocenters. The van der Waals surface area contributed by atoms with E-state index in [9.17, 15) is 4.79 Å². The summed E-state index contributed by atoms with van der Waals surface area (Å²) in [7, 11) is 0. The van der Waals surface area contributed by atoms with Gasteiger partial charge in [-0.05, 0) is 37.0 Å². The third-order valence-corrected chi connectivity index (χ3v) is 4.89. The first-order valence-corrected chi connectivity index (χ1v) is 9.23. The van der Waals surface area contributed by atoms with Crippen LogP contribution in [0.1, 0.15) is 41.6 Å². The van der Waals surface area contributed by atoms with E-state index in [0.29, 0.717) is 5.75 Å². The van der Waals surface area contributed by atoms with Gasteiger partial charge in [0.15, 0.2) is 0 Å². The number of hydrogen-bond acceptors (Lipinski definition) is 2. The molecule has 0 unspecified atom stereocenters. The van der Waals surface area contributed by atoms with Crippen molar-refractivity contribution in [3.8, 4) is 0 Å². The van der Waals surface area contributed by atoms with E-state index in [1.165, 1.54) is 22.3 Å². The van der Waals surface area contributed by atoms with Gasteiger partial charge in [0.25, 0.3) is 0 Å². The molecule has 2 nitrogen and oxygen atoms in total. The molecular formula is C20H25NOS. The molecule has 0 aliphatic carbocycles. The third kappa shape index (κ3) is 5.43. The number of amides is 1. The fourth-order valence-electron chi connectivity index (χ4n) is 2.69. The van der Waals surface area contributed by atoms with Gasteiger partial charge in [-0.1, -0.05) is 61.0 Å². The average molecular weight is 327 g/mol. The molecule has 0 bridgehead atoms. The normalized spacial score (nSPS) is 12.0. The number of carbonyl (C=O) groups excluding carboxylic acids is 1. The summed E-state index contributed by atoms with van der Waals surface area (Å²) >= 11 is 1.66. The van der Waals surface area contributed by atoms with Crippen LogP contribution in [0.15, 0.2) is 48.5 Å². The minimum Gasteiger partial charge on any atom is -0.349 e. The molecule has 0 aliphatic heterocycles. The molecule has 3 heteroatoms. The molecule has 1 N–H and O–H groups in total. The Hall–Kier alpha value is -1.74. The molecule has 23 heavy (non-hydrogen) atoms. The van der Waals surface area contributed by atoms with Crippen molar-refractivity contribution in [1.29, 1.82) is 0 Å². The first-order valence-electron chi connectivity index (χ1n) is 8.08. The summed E-state index contributed by atoms with van der Waals surface area (Å²) < 4.78 is 0. The van der Waals surface area contributed by atoms with E-state index >= 15 is 0 Å². The Kier molecular flexibility index (Phi) is 6.72. The number of carbonyl (C=O) groups is 1. The van der Waals surface area contributed by atoms with E-state index < -0.39 is 0 Å². The Balaban J connectivity index is 1.87. The van der Waals surface area contributed by atoms with Crippen molar-refractivity contribution in [2.24, 2.45) is 0 Å². The Morgan fingerprint density at radius 2 is 1.87 bits per heavy atom. The summed E-state index contributed by atoms with van der Waals surface area (Å²) in [6.07, 6.45) is 0.902. The third-order valence-electron chi connectivity index (χ3n) is 3.89. The number of rotatable bonds is 7. The van der Waals surface area contributed by atoms with E-state index in [0.717, 1.165) is 12.2 Å². The first-order chi connectivity index (χ1) is 11.1. The highest BCUT2D eigenvalue weighted by Gasteiger charge is 2.14. The van der Waals surface area contributed by atoms with E-state index in [4.69, 9.17) is 0 Å². The summed E-state index contributed by atoms with van der Waals surface area (Å²) in [5.74, 6) is 1.48. The Bertz CT molecular complexity index is 639. The maximum atomic E-state index is 12.2. The molecule has 0 saturated carbocycles. The van der Waals surface area contributed by atoms with E-state index in [2.05, 4.69) is 56.4 Å². The lowest BCUT2D eigenvalue weighted by Crippen LogP contribution is -2.30. The highest BCUT2D eigenvalue weighted by molar-refractivity contribution is 7.99. The number of thioether (sulfide) groups is 1. The molecule has 1 amide bonds. The van der Waals surface area contributed by atoms with Crippen molar-refractivity contribution in [2.75, 3.05) is 5.75 Å². The van der Waals surface area contributed by atoms with Gasteiger partial charge < -0.3 is 5.32 Å². The van der Waals surface area contributed by atoms with Crippen LogP contribution in [0.2, 0.25) is 0 Å². The first kappa shape index (κ1) is 17.6. The fraction of sp³-hybridized carbons (Fsp3) is 0.350. The lowest BCUT2D eigenvalue weighted by Gasteiger charge is -2.20. The van der Waals surface area contributed by atoms with Crippen LogP contribution in [0.3, 0.4) is 0 Å². The minimum atomic E-state index is 0.0976. The van der Waals surface area contributed by atoms with E-state index in [1.54, 1.807) is 11.8 Å². The molecule has 0 fully saturated rings. The van der Waals surface area contributed by atoms with Crippen LogP contribution in [-0.4, -0.2) is 11.7 Å². The van der Waals surface area contributed by atoms with Gasteiger partial charge in [0.2, 0.25) is 5.91 Å². The zero-order valence-corrected chi connectivity index (χ0v) is 15.0. The van der Waals surface area contributed by atoms with Crippen molar-refractivity contribution in [2.45, 2.75) is 39.0 Å². The summed E-state index contributed by atoms with van der Waals surface area (Å²) in [4.78, 5) is 12.2. The van der Waals surface area contributed by atoms with Crippen LogP contribution in [0.4, 0.5) is 0 Å². The van der Waals surface area contributed by atoms with Gasteiger partial charge in [0.05, 0.1) is 11.8 Å². The number of aryl methyl sites for hydroxylation is 2. The monoisotopic (exact) mass is 327 g/mol. The van der Waals surface area contributed by atoms with Gasteiger partial charge in [-0.25, -0.2) is 0 Å². The lowest BCUT2D eigenvalue weighted by atomic mass is 9.97. The van der Waals surface area contributed by atoms with Gasteiger partial charge in [-0.3, -0.25) is 4.79 Å². The largest absolute Gasteiger partial charge is 0.349 e. The van der Waals surface area contributed by atoms with Crippen molar-refractivity contribution in [1.82, 2.24) is 5.32 Å². The van der Waals surface area contributed by atoms with Crippen LogP contribution >= 0.6 is 11.8 Å². The minimum absolute atomic E-state index is 0.0976. The second kappa shape index (κ2) is 8.78. The SMILES string of the molecule is CC[C@H](NC(=O)CSCc1ccccc1)c1ccc(C)cc1C. The molecule has 2 aromatic rings. The van der Waals surface area contributed by atoms with Crippen LogP contribution in [0.5, 0.6) is 0 Å². The second-order valence-corrected chi connectivity index (χ2v) is 6.85. The van der Waals surface area contributed by atoms with E-state index in [-0.39, 0.29) is 11.9 Å². The van der Waals surface area contributed by atoms with Gasteiger partial charge in [-0.2, -0.15) is 0 Å². The summed E-state index contributed by atoms with van der Waals surface area (Å²) in [6, 6.07) is 16.8. The molecule has 0 spiro atoms. The topological polar surface area (TPSA) is 29.1 Å². The van der Waals surface area contributed by atoms with Crippen molar-refractivity contribution >= 4 is 17.7 Å². The Morgan fingerprint density at radius 1 is 1.13 bits per heavy atom. The number of hydrogen-bond donors (Lipinski definition) is 1. The van der Waals surface area contributed by atoms with Crippen LogP contribution in [0.25, 0.3) is 0 Å². The number of benzene rings is 2. The van der Waals surface area contributed by atoms with Crippen molar-refractivity contribution in [3.63, 3.8) is 0 Å². The molecular weight excluding hydrogens is 302 g/mol. The van der Waals surface area contributed by atoms with E-state index in [1.807, 2.05) is 18.2 Å². The van der Waals surface area contributed by atoms with Crippen LogP contribution in [0, 0.1) is 13.8 Å². The van der Waals surface area contributed by atoms with Crippen LogP contribution in [-0.2, 0) is 10.5 Å². The smallest absolute Gasteiger partial charge is 0.230 e. The molecule has 0 aliphatic rings. The van der Waals surface area contributed by atoms with Gasteiger partial charge >= 0.3 is 0 Å². The predicted molar refractivity (Wildman–Crippen MR) is 99.7 cm³/mol. The summed E-state index contributed by atoms with van der Waals surface area (Å²) in [5, 5.41) is 3.17. The summed E-state index contributed by atoms with van der Waals surface area (Å²) in [6.45, 7) is 6.32. The quantitative estimate of drug-likeness (QED) is 0.791. The van der Waals surface area contributed by atoms with Crippen LogP contribution < -0.4 is 5.32 Å². The highest BCUT2D eigenvalue weighted by atomic mass is 32.2. The second-order valence-electron chi connectivity index (χ2n) is 5.87. The molecule has 0 aromatic heterocycles. The standard InChI is InChI=1S/C20H25NOS/c1-4-19(18-11-10-15(2)12-16(18)3)21-20(22)14-23-13-17-8-6-5-7-9-17/h5-12,19H,4,13-14H2,1-3H3,(H,21,22)/t19-/m0/s1. The Labute approximate surface area is 143 Å². The zero-order valence-electron chi connectivity index (χ0n) is 14.1. The van der Waals surface area contributed by atoms with Crippen molar-refractivity contribution < 1.29 is 4.79 Å². The highest BCUT2D eigenvalue weighted by Crippen LogP contribution is 2.22. The average Bonchev–Trinajstić information content (AvgIpc) is 2.54. The van der Waals surface area contributed by atoms with Gasteiger partial charge in [0.1, 0.15) is 0 Å². The molecule has 0 heterocycles. The molecule has 122 valence electrons. The summed E-state index contributed by atoms with van der Waals surface area (Å²) in [5.41, 5.74) is 4.98. The molecule has 0 saturated heterocycles. The maximum Gasteiger partial charge on any atom is 0.230 e. The molecule has 2 aromatic carbocycles. The van der Waals surface area contributed by atoms with Gasteiger partial charge in [-0.15, -0.1) is 11.8 Å². The molecule has 0 radical (unpaired) electrons. The predicted octanol–water partition coefficient (Wildman–Crippen LogP) is 4.80. The number of nitrogens with one attached hydrogen (secondary N) is 1. The maximum absolute atomic E-state index is 12.2. The van der Waals surface area contributed by atoms with Gasteiger partial charge in [0, 0.05) is 5.75 Å². The fourth-order valence-corrected chi connectivity index (χ4v) is 3.49.